The topological polar surface area (TPSA) is 72.6 Å². The molecule has 0 unspecified atom stereocenters. The van der Waals surface area contributed by atoms with Crippen molar-refractivity contribution >= 4 is 15.7 Å². The predicted octanol–water partition coefficient (Wildman–Crippen LogP) is 1.21. The molecule has 0 saturated carbocycles. The molecular formula is C11H16N2O3S. The van der Waals surface area contributed by atoms with E-state index in [1.165, 1.54) is 0 Å². The fourth-order valence-electron chi connectivity index (χ4n) is 1.76. The SMILES string of the molecule is Cc1cc(N)c(S(=O)(=O)N2CCCO2)cc1C. The van der Waals surface area contributed by atoms with Crippen LogP contribution in [0.5, 0.6) is 0 Å². The van der Waals surface area contributed by atoms with Crippen molar-refractivity contribution in [1.82, 2.24) is 4.47 Å². The number of hydroxylamine groups is 1. The number of nitrogens with zero attached hydrogens (tertiary/aromatic N) is 1. The average molecular weight is 256 g/mol. The normalized spacial score (nSPS) is 17.5. The zero-order chi connectivity index (χ0) is 12.6. The number of hydrogen-bond acceptors (Lipinski definition) is 4. The average Bonchev–Trinajstić information content (AvgIpc) is 2.77. The second kappa shape index (κ2) is 4.29. The van der Waals surface area contributed by atoms with Crippen LogP contribution >= 0.6 is 0 Å². The summed E-state index contributed by atoms with van der Waals surface area (Å²) in [4.78, 5) is 5.21. The molecule has 0 amide bonds. The summed E-state index contributed by atoms with van der Waals surface area (Å²) in [5.41, 5.74) is 7.93. The third-order valence-electron chi connectivity index (χ3n) is 2.89. The number of hydrogen-bond donors (Lipinski definition) is 1. The third kappa shape index (κ3) is 2.15. The molecule has 1 aromatic rings. The highest BCUT2D eigenvalue weighted by atomic mass is 32.2. The van der Waals surface area contributed by atoms with Crippen molar-refractivity contribution in [3.63, 3.8) is 0 Å². The Labute approximate surface area is 101 Å². The Balaban J connectivity index is 2.49. The first kappa shape index (κ1) is 12.3. The Morgan fingerprint density at radius 1 is 1.29 bits per heavy atom. The van der Waals surface area contributed by atoms with E-state index in [9.17, 15) is 8.42 Å². The first-order chi connectivity index (χ1) is 7.93. The van der Waals surface area contributed by atoms with E-state index in [1.54, 1.807) is 12.1 Å². The Bertz CT molecular complexity index is 534. The van der Waals surface area contributed by atoms with Gasteiger partial charge in [-0.3, -0.25) is 4.84 Å². The molecular weight excluding hydrogens is 240 g/mol. The fraction of sp³-hybridized carbons (Fsp3) is 0.455. The van der Waals surface area contributed by atoms with Crippen molar-refractivity contribution in [1.29, 1.82) is 0 Å². The van der Waals surface area contributed by atoms with Crippen LogP contribution < -0.4 is 5.73 Å². The zero-order valence-corrected chi connectivity index (χ0v) is 10.8. The number of anilines is 1. The number of nitrogens with two attached hydrogens (primary N) is 1. The molecule has 1 aliphatic heterocycles. The number of sulfonamides is 1. The van der Waals surface area contributed by atoms with Crippen LogP contribution in [0.1, 0.15) is 17.5 Å². The lowest BCUT2D eigenvalue weighted by molar-refractivity contribution is -0.0284. The van der Waals surface area contributed by atoms with Gasteiger partial charge >= 0.3 is 0 Å². The van der Waals surface area contributed by atoms with Gasteiger partial charge in [-0.15, -0.1) is 0 Å². The van der Waals surface area contributed by atoms with Crippen LogP contribution in [0.3, 0.4) is 0 Å². The molecule has 0 bridgehead atoms. The van der Waals surface area contributed by atoms with Gasteiger partial charge in [0.1, 0.15) is 4.90 Å². The molecule has 2 N–H and O–H groups in total. The smallest absolute Gasteiger partial charge is 0.267 e. The summed E-state index contributed by atoms with van der Waals surface area (Å²) >= 11 is 0. The van der Waals surface area contributed by atoms with E-state index in [4.69, 9.17) is 10.6 Å². The third-order valence-corrected chi connectivity index (χ3v) is 4.63. The molecule has 0 aliphatic carbocycles. The lowest BCUT2D eigenvalue weighted by Gasteiger charge is -2.16. The minimum atomic E-state index is -3.62. The van der Waals surface area contributed by atoms with Crippen molar-refractivity contribution in [3.8, 4) is 0 Å². The molecule has 0 spiro atoms. The summed E-state index contributed by atoms with van der Waals surface area (Å²) in [7, 11) is -3.62. The van der Waals surface area contributed by atoms with Gasteiger partial charge in [0, 0.05) is 6.54 Å². The summed E-state index contributed by atoms with van der Waals surface area (Å²) in [5.74, 6) is 0. The second-order valence-electron chi connectivity index (χ2n) is 4.19. The molecule has 17 heavy (non-hydrogen) atoms. The van der Waals surface area contributed by atoms with Crippen molar-refractivity contribution in [2.75, 3.05) is 18.9 Å². The number of nitrogen functional groups attached to an aromatic ring is 1. The van der Waals surface area contributed by atoms with E-state index in [2.05, 4.69) is 0 Å². The lowest BCUT2D eigenvalue weighted by Crippen LogP contribution is -2.27. The predicted molar refractivity (Wildman–Crippen MR) is 64.8 cm³/mol. The molecule has 6 heteroatoms. The maximum atomic E-state index is 12.2. The van der Waals surface area contributed by atoms with Gasteiger partial charge in [0.25, 0.3) is 10.0 Å². The summed E-state index contributed by atoms with van der Waals surface area (Å²) in [6.45, 7) is 4.58. The van der Waals surface area contributed by atoms with E-state index in [0.717, 1.165) is 15.6 Å². The lowest BCUT2D eigenvalue weighted by atomic mass is 10.1. The Morgan fingerprint density at radius 2 is 1.94 bits per heavy atom. The summed E-state index contributed by atoms with van der Waals surface area (Å²) < 4.78 is 25.5. The van der Waals surface area contributed by atoms with Crippen molar-refractivity contribution in [3.05, 3.63) is 23.3 Å². The first-order valence-corrected chi connectivity index (χ1v) is 6.89. The molecule has 0 atom stereocenters. The van der Waals surface area contributed by atoms with E-state index in [-0.39, 0.29) is 10.6 Å². The van der Waals surface area contributed by atoms with Gasteiger partial charge in [-0.25, -0.2) is 8.42 Å². The number of rotatable bonds is 2. The Morgan fingerprint density at radius 3 is 2.53 bits per heavy atom. The highest BCUT2D eigenvalue weighted by molar-refractivity contribution is 7.89. The number of benzene rings is 1. The summed E-state index contributed by atoms with van der Waals surface area (Å²) in [6, 6.07) is 3.28. The van der Waals surface area contributed by atoms with Gasteiger partial charge in [0.2, 0.25) is 0 Å². The molecule has 1 fully saturated rings. The molecule has 1 aliphatic rings. The van der Waals surface area contributed by atoms with Gasteiger partial charge < -0.3 is 5.73 Å². The van der Waals surface area contributed by atoms with Crippen LogP contribution in [-0.4, -0.2) is 26.0 Å². The first-order valence-electron chi connectivity index (χ1n) is 5.45. The van der Waals surface area contributed by atoms with E-state index < -0.39 is 10.0 Å². The molecule has 1 saturated heterocycles. The van der Waals surface area contributed by atoms with Gasteiger partial charge in [-0.1, -0.05) is 4.47 Å². The van der Waals surface area contributed by atoms with Crippen LogP contribution in [0.4, 0.5) is 5.69 Å². The van der Waals surface area contributed by atoms with Crippen molar-refractivity contribution in [2.45, 2.75) is 25.2 Å². The molecule has 94 valence electrons. The van der Waals surface area contributed by atoms with Crippen LogP contribution in [0, 0.1) is 13.8 Å². The van der Waals surface area contributed by atoms with E-state index in [0.29, 0.717) is 19.6 Å². The Hall–Kier alpha value is -1.11. The van der Waals surface area contributed by atoms with Crippen LogP contribution in [0.15, 0.2) is 17.0 Å². The van der Waals surface area contributed by atoms with E-state index >= 15 is 0 Å². The minimum Gasteiger partial charge on any atom is -0.398 e. The maximum Gasteiger partial charge on any atom is 0.267 e. The van der Waals surface area contributed by atoms with Gasteiger partial charge in [-0.2, -0.15) is 0 Å². The summed E-state index contributed by atoms with van der Waals surface area (Å²) in [5, 5.41) is 0. The maximum absolute atomic E-state index is 12.2. The zero-order valence-electron chi connectivity index (χ0n) is 9.93. The highest BCUT2D eigenvalue weighted by Crippen LogP contribution is 2.27. The molecule has 1 heterocycles. The van der Waals surface area contributed by atoms with Gasteiger partial charge in [0.15, 0.2) is 0 Å². The molecule has 5 nitrogen and oxygen atoms in total. The van der Waals surface area contributed by atoms with Crippen LogP contribution in [0.2, 0.25) is 0 Å². The number of aryl methyl sites for hydroxylation is 2. The van der Waals surface area contributed by atoms with Gasteiger partial charge in [-0.05, 0) is 43.5 Å². The largest absolute Gasteiger partial charge is 0.398 e. The van der Waals surface area contributed by atoms with Crippen molar-refractivity contribution < 1.29 is 13.3 Å². The summed E-state index contributed by atoms with van der Waals surface area (Å²) in [6.07, 6.45) is 0.712. The van der Waals surface area contributed by atoms with Crippen LogP contribution in [0.25, 0.3) is 0 Å². The second-order valence-corrected chi connectivity index (χ2v) is 5.99. The molecule has 0 aromatic heterocycles. The fourth-order valence-corrected chi connectivity index (χ4v) is 3.24. The standard InChI is InChI=1S/C11H16N2O3S/c1-8-6-10(12)11(7-9(8)2)17(14,15)13-4-3-5-16-13/h6-7H,3-5,12H2,1-2H3. The minimum absolute atomic E-state index is 0.127. The highest BCUT2D eigenvalue weighted by Gasteiger charge is 2.30. The Kier molecular flexibility index (Phi) is 3.11. The van der Waals surface area contributed by atoms with Gasteiger partial charge in [0.05, 0.1) is 12.3 Å². The molecule has 0 radical (unpaired) electrons. The monoisotopic (exact) mass is 256 g/mol. The molecule has 2 rings (SSSR count). The molecule has 1 aromatic carbocycles. The van der Waals surface area contributed by atoms with E-state index in [1.807, 2.05) is 13.8 Å². The van der Waals surface area contributed by atoms with Crippen molar-refractivity contribution in [2.24, 2.45) is 0 Å². The quantitative estimate of drug-likeness (QED) is 0.807. The van der Waals surface area contributed by atoms with Crippen LogP contribution in [-0.2, 0) is 14.9 Å².